The van der Waals surface area contributed by atoms with Crippen molar-refractivity contribution in [1.29, 1.82) is 0 Å². The van der Waals surface area contributed by atoms with Crippen molar-refractivity contribution in [2.45, 2.75) is 19.3 Å². The van der Waals surface area contributed by atoms with Crippen LogP contribution in [0.2, 0.25) is 0 Å². The van der Waals surface area contributed by atoms with Crippen LogP contribution in [0.4, 0.5) is 11.4 Å². The molecule has 0 bridgehead atoms. The van der Waals surface area contributed by atoms with Gasteiger partial charge in [-0.05, 0) is 60.4 Å². The molecule has 180 valence electrons. The smallest absolute Gasteiger partial charge is 0.232 e. The second-order valence-corrected chi connectivity index (χ2v) is 9.66. The van der Waals surface area contributed by atoms with Crippen molar-refractivity contribution in [3.8, 4) is 11.5 Å². The number of amides is 1. The standard InChI is InChI=1S/C25H29N3O5S/c1-32-22-10-11-24(33-2)23(18-22)28(34(3,30)31)16-4-5-25(29)27-21-8-6-19(7-9-21)17-20-12-14-26-15-13-20/h6-15,18H,4-5,16-17H2,1-3H3,(H,27,29). The van der Waals surface area contributed by atoms with E-state index in [1.54, 1.807) is 30.6 Å². The topological polar surface area (TPSA) is 97.8 Å². The molecule has 0 unspecified atom stereocenters. The predicted molar refractivity (Wildman–Crippen MR) is 133 cm³/mol. The number of ether oxygens (including phenoxy) is 2. The van der Waals surface area contributed by atoms with Gasteiger partial charge in [0, 0.05) is 37.1 Å². The fraction of sp³-hybridized carbons (Fsp3) is 0.280. The summed E-state index contributed by atoms with van der Waals surface area (Å²) >= 11 is 0. The lowest BCUT2D eigenvalue weighted by Gasteiger charge is -2.24. The Morgan fingerprint density at radius 2 is 1.65 bits per heavy atom. The van der Waals surface area contributed by atoms with Gasteiger partial charge in [0.05, 0.1) is 26.2 Å². The zero-order valence-electron chi connectivity index (χ0n) is 19.5. The van der Waals surface area contributed by atoms with Crippen molar-refractivity contribution in [3.63, 3.8) is 0 Å². The Morgan fingerprint density at radius 3 is 2.26 bits per heavy atom. The van der Waals surface area contributed by atoms with E-state index in [9.17, 15) is 13.2 Å². The van der Waals surface area contributed by atoms with Gasteiger partial charge in [0.15, 0.2) is 0 Å². The second kappa shape index (κ2) is 11.5. The van der Waals surface area contributed by atoms with Crippen molar-refractivity contribution in [1.82, 2.24) is 4.98 Å². The van der Waals surface area contributed by atoms with Crippen LogP contribution < -0.4 is 19.1 Å². The third kappa shape index (κ3) is 6.95. The maximum Gasteiger partial charge on any atom is 0.232 e. The van der Waals surface area contributed by atoms with Gasteiger partial charge in [0.2, 0.25) is 15.9 Å². The van der Waals surface area contributed by atoms with Gasteiger partial charge in [-0.2, -0.15) is 0 Å². The minimum Gasteiger partial charge on any atom is -0.497 e. The average molecular weight is 484 g/mol. The molecule has 0 aliphatic heterocycles. The van der Waals surface area contributed by atoms with E-state index >= 15 is 0 Å². The zero-order chi connectivity index (χ0) is 24.6. The van der Waals surface area contributed by atoms with Gasteiger partial charge in [-0.15, -0.1) is 0 Å². The zero-order valence-corrected chi connectivity index (χ0v) is 20.3. The highest BCUT2D eigenvalue weighted by Crippen LogP contribution is 2.34. The molecule has 1 N–H and O–H groups in total. The molecule has 0 aliphatic rings. The van der Waals surface area contributed by atoms with E-state index in [4.69, 9.17) is 9.47 Å². The molecule has 1 amide bonds. The molecule has 0 saturated heterocycles. The summed E-state index contributed by atoms with van der Waals surface area (Å²) in [7, 11) is -0.621. The summed E-state index contributed by atoms with van der Waals surface area (Å²) in [6.07, 6.45) is 5.93. The van der Waals surface area contributed by atoms with E-state index < -0.39 is 10.0 Å². The molecule has 8 nitrogen and oxygen atoms in total. The number of carbonyl (C=O) groups excluding carboxylic acids is 1. The van der Waals surface area contributed by atoms with Crippen molar-refractivity contribution in [2.75, 3.05) is 36.6 Å². The second-order valence-electron chi connectivity index (χ2n) is 7.75. The lowest BCUT2D eigenvalue weighted by Crippen LogP contribution is -2.31. The molecule has 2 aromatic carbocycles. The number of hydrogen-bond acceptors (Lipinski definition) is 6. The number of benzene rings is 2. The fourth-order valence-electron chi connectivity index (χ4n) is 3.51. The Hall–Kier alpha value is -3.59. The number of anilines is 2. The van der Waals surface area contributed by atoms with E-state index in [0.29, 0.717) is 29.3 Å². The van der Waals surface area contributed by atoms with E-state index in [0.717, 1.165) is 23.8 Å². The van der Waals surface area contributed by atoms with Crippen LogP contribution in [-0.4, -0.2) is 46.3 Å². The highest BCUT2D eigenvalue weighted by Gasteiger charge is 2.22. The summed E-state index contributed by atoms with van der Waals surface area (Å²) < 4.78 is 36.7. The van der Waals surface area contributed by atoms with Crippen LogP contribution in [0.25, 0.3) is 0 Å². The van der Waals surface area contributed by atoms with Gasteiger partial charge in [-0.1, -0.05) is 12.1 Å². The molecule has 0 saturated carbocycles. The van der Waals surface area contributed by atoms with Gasteiger partial charge in [0.25, 0.3) is 0 Å². The first-order valence-electron chi connectivity index (χ1n) is 10.8. The van der Waals surface area contributed by atoms with Crippen molar-refractivity contribution in [3.05, 3.63) is 78.1 Å². The van der Waals surface area contributed by atoms with Gasteiger partial charge in [-0.3, -0.25) is 14.1 Å². The highest BCUT2D eigenvalue weighted by atomic mass is 32.2. The van der Waals surface area contributed by atoms with Crippen molar-refractivity contribution < 1.29 is 22.7 Å². The fourth-order valence-corrected chi connectivity index (χ4v) is 4.47. The first kappa shape index (κ1) is 25.0. The molecule has 1 heterocycles. The maximum atomic E-state index is 12.5. The predicted octanol–water partition coefficient (Wildman–Crippen LogP) is 3.87. The summed E-state index contributed by atoms with van der Waals surface area (Å²) in [5.74, 6) is 0.727. The minimum atomic E-state index is -3.60. The molecule has 0 radical (unpaired) electrons. The van der Waals surface area contributed by atoms with Crippen LogP contribution in [0.3, 0.4) is 0 Å². The van der Waals surface area contributed by atoms with Gasteiger partial charge in [0.1, 0.15) is 11.5 Å². The van der Waals surface area contributed by atoms with Crippen molar-refractivity contribution in [2.24, 2.45) is 0 Å². The van der Waals surface area contributed by atoms with Crippen LogP contribution in [0.5, 0.6) is 11.5 Å². The number of pyridine rings is 1. The quantitative estimate of drug-likeness (QED) is 0.445. The van der Waals surface area contributed by atoms with Gasteiger partial charge in [-0.25, -0.2) is 8.42 Å². The molecule has 1 aromatic heterocycles. The van der Waals surface area contributed by atoms with Crippen LogP contribution >= 0.6 is 0 Å². The number of aromatic nitrogens is 1. The molecule has 9 heteroatoms. The molecule has 3 rings (SSSR count). The number of nitrogens with one attached hydrogen (secondary N) is 1. The normalized spacial score (nSPS) is 11.0. The third-order valence-electron chi connectivity index (χ3n) is 5.22. The highest BCUT2D eigenvalue weighted by molar-refractivity contribution is 7.92. The number of hydrogen-bond donors (Lipinski definition) is 1. The van der Waals surface area contributed by atoms with Crippen LogP contribution in [-0.2, 0) is 21.2 Å². The van der Waals surface area contributed by atoms with Crippen molar-refractivity contribution >= 4 is 27.3 Å². The largest absolute Gasteiger partial charge is 0.497 e. The Kier molecular flexibility index (Phi) is 8.48. The number of nitrogens with zero attached hydrogens (tertiary/aromatic N) is 2. The Balaban J connectivity index is 1.58. The summed E-state index contributed by atoms with van der Waals surface area (Å²) in [5, 5.41) is 2.86. The minimum absolute atomic E-state index is 0.126. The molecule has 3 aromatic rings. The lowest BCUT2D eigenvalue weighted by atomic mass is 10.1. The molecule has 0 atom stereocenters. The number of methoxy groups -OCH3 is 2. The average Bonchev–Trinajstić information content (AvgIpc) is 2.82. The first-order chi connectivity index (χ1) is 16.3. The van der Waals surface area contributed by atoms with Gasteiger partial charge >= 0.3 is 0 Å². The Bertz CT molecular complexity index is 1200. The SMILES string of the molecule is COc1ccc(OC)c(N(CCCC(=O)Nc2ccc(Cc3ccncc3)cc2)S(C)(=O)=O)c1. The molecule has 34 heavy (non-hydrogen) atoms. The summed E-state index contributed by atoms with van der Waals surface area (Å²) in [6.45, 7) is 0.126. The van der Waals surface area contributed by atoms with Crippen LogP contribution in [0.1, 0.15) is 24.0 Å². The van der Waals surface area contributed by atoms with Gasteiger partial charge < -0.3 is 14.8 Å². The summed E-state index contributed by atoms with van der Waals surface area (Å²) in [5.41, 5.74) is 3.35. The lowest BCUT2D eigenvalue weighted by molar-refractivity contribution is -0.116. The van der Waals surface area contributed by atoms with Crippen LogP contribution in [0.15, 0.2) is 67.0 Å². The third-order valence-corrected chi connectivity index (χ3v) is 6.40. The molecule has 0 spiro atoms. The van der Waals surface area contributed by atoms with E-state index in [1.807, 2.05) is 36.4 Å². The molecule has 0 aliphatic carbocycles. The monoisotopic (exact) mass is 483 g/mol. The number of rotatable bonds is 11. The van der Waals surface area contributed by atoms with E-state index in [-0.39, 0.29) is 18.9 Å². The number of carbonyl (C=O) groups is 1. The molecule has 0 fully saturated rings. The van der Waals surface area contributed by atoms with E-state index in [1.165, 1.54) is 18.5 Å². The Labute approximate surface area is 200 Å². The van der Waals surface area contributed by atoms with E-state index in [2.05, 4.69) is 10.3 Å². The summed E-state index contributed by atoms with van der Waals surface area (Å²) in [6, 6.07) is 16.5. The molecular weight excluding hydrogens is 454 g/mol. The first-order valence-corrected chi connectivity index (χ1v) is 12.6. The van der Waals surface area contributed by atoms with Crippen LogP contribution in [0, 0.1) is 0 Å². The summed E-state index contributed by atoms with van der Waals surface area (Å²) in [4.78, 5) is 16.5. The maximum absolute atomic E-state index is 12.5. The Morgan fingerprint density at radius 1 is 0.971 bits per heavy atom. The molecular formula is C25H29N3O5S. The number of sulfonamides is 1.